The fourth-order valence-corrected chi connectivity index (χ4v) is 2.19. The molecule has 1 aliphatic heterocycles. The van der Waals surface area contributed by atoms with E-state index in [1.807, 2.05) is 13.8 Å². The Hall–Kier alpha value is -0.0400. The molecular formula is C13H29N. The van der Waals surface area contributed by atoms with Crippen LogP contribution in [0.4, 0.5) is 0 Å². The molecule has 1 heterocycles. The van der Waals surface area contributed by atoms with Gasteiger partial charge in [-0.25, -0.2) is 0 Å². The third-order valence-corrected chi connectivity index (χ3v) is 3.07. The van der Waals surface area contributed by atoms with Crippen LogP contribution >= 0.6 is 0 Å². The van der Waals surface area contributed by atoms with Gasteiger partial charge in [-0.15, -0.1) is 0 Å². The van der Waals surface area contributed by atoms with Crippen molar-refractivity contribution in [3.8, 4) is 0 Å². The van der Waals surface area contributed by atoms with E-state index < -0.39 is 0 Å². The molecule has 1 unspecified atom stereocenters. The maximum Gasteiger partial charge on any atom is -0.00167 e. The highest BCUT2D eigenvalue weighted by atomic mass is 15.1. The van der Waals surface area contributed by atoms with Crippen LogP contribution in [-0.2, 0) is 0 Å². The Labute approximate surface area is 90.9 Å². The van der Waals surface area contributed by atoms with Gasteiger partial charge >= 0.3 is 0 Å². The second-order valence-electron chi connectivity index (χ2n) is 5.32. The normalized spacial score (nSPS) is 28.3. The van der Waals surface area contributed by atoms with Gasteiger partial charge in [0.25, 0.3) is 0 Å². The minimum absolute atomic E-state index is 0.564. The van der Waals surface area contributed by atoms with Gasteiger partial charge in [0.1, 0.15) is 0 Å². The van der Waals surface area contributed by atoms with Crippen molar-refractivity contribution in [2.75, 3.05) is 20.1 Å². The van der Waals surface area contributed by atoms with Crippen LogP contribution in [0.2, 0.25) is 0 Å². The summed E-state index contributed by atoms with van der Waals surface area (Å²) in [4.78, 5) is 2.47. The zero-order chi connectivity index (χ0) is 11.2. The number of rotatable bonds is 0. The first-order valence-corrected chi connectivity index (χ1v) is 6.18. The summed E-state index contributed by atoms with van der Waals surface area (Å²) in [5.74, 6) is 0.905. The van der Waals surface area contributed by atoms with E-state index in [0.29, 0.717) is 5.41 Å². The Bertz CT molecular complexity index is 140. The fourth-order valence-electron chi connectivity index (χ4n) is 2.19. The molecule has 0 bridgehead atoms. The van der Waals surface area contributed by atoms with Crippen molar-refractivity contribution in [1.82, 2.24) is 4.90 Å². The highest BCUT2D eigenvalue weighted by molar-refractivity contribution is 4.76. The second-order valence-corrected chi connectivity index (χ2v) is 5.32. The maximum atomic E-state index is 2.47. The van der Waals surface area contributed by atoms with Crippen LogP contribution in [0.15, 0.2) is 0 Å². The summed E-state index contributed by atoms with van der Waals surface area (Å²) in [7, 11) is 2.24. The average molecular weight is 199 g/mol. The monoisotopic (exact) mass is 199 g/mol. The molecule has 0 aromatic carbocycles. The third kappa shape index (κ3) is 5.64. The zero-order valence-corrected chi connectivity index (χ0v) is 11.1. The van der Waals surface area contributed by atoms with Gasteiger partial charge in [0, 0.05) is 0 Å². The molecule has 0 radical (unpaired) electrons. The Kier molecular flexibility index (Phi) is 6.43. The van der Waals surface area contributed by atoms with Crippen LogP contribution in [-0.4, -0.2) is 25.0 Å². The van der Waals surface area contributed by atoms with E-state index in [0.717, 1.165) is 5.92 Å². The Balaban J connectivity index is 0.000000791. The van der Waals surface area contributed by atoms with Crippen molar-refractivity contribution < 1.29 is 0 Å². The quantitative estimate of drug-likeness (QED) is 0.574. The SMILES string of the molecule is CC.CC1CCN(C)CCC(C)(C)C1. The smallest absolute Gasteiger partial charge is 0.00167 e. The summed E-state index contributed by atoms with van der Waals surface area (Å²) in [5.41, 5.74) is 0.564. The highest BCUT2D eigenvalue weighted by Gasteiger charge is 2.23. The summed E-state index contributed by atoms with van der Waals surface area (Å²) >= 11 is 0. The summed E-state index contributed by atoms with van der Waals surface area (Å²) in [6.07, 6.45) is 4.13. The average Bonchev–Trinajstić information content (AvgIpc) is 2.13. The van der Waals surface area contributed by atoms with E-state index in [2.05, 4.69) is 32.7 Å². The molecule has 14 heavy (non-hydrogen) atoms. The van der Waals surface area contributed by atoms with Crippen LogP contribution in [0.1, 0.15) is 53.9 Å². The van der Waals surface area contributed by atoms with Gasteiger partial charge in [0.2, 0.25) is 0 Å². The minimum Gasteiger partial charge on any atom is -0.306 e. The number of hydrogen-bond acceptors (Lipinski definition) is 1. The van der Waals surface area contributed by atoms with Crippen molar-refractivity contribution in [3.63, 3.8) is 0 Å². The van der Waals surface area contributed by atoms with Crippen LogP contribution in [0.3, 0.4) is 0 Å². The molecule has 1 nitrogen and oxygen atoms in total. The zero-order valence-electron chi connectivity index (χ0n) is 11.1. The van der Waals surface area contributed by atoms with Crippen molar-refractivity contribution in [2.45, 2.75) is 53.9 Å². The topological polar surface area (TPSA) is 3.24 Å². The Morgan fingerprint density at radius 2 is 1.71 bits per heavy atom. The first-order valence-electron chi connectivity index (χ1n) is 6.18. The predicted molar refractivity (Wildman–Crippen MR) is 65.6 cm³/mol. The van der Waals surface area contributed by atoms with Crippen molar-refractivity contribution in [3.05, 3.63) is 0 Å². The first-order chi connectivity index (χ1) is 6.49. The summed E-state index contributed by atoms with van der Waals surface area (Å²) in [6.45, 7) is 13.8. The standard InChI is InChI=1S/C11H23N.C2H6/c1-10-5-7-12(4)8-6-11(2,3)9-10;1-2/h10H,5-9H2,1-4H3;1-2H3. The number of hydrogen-bond donors (Lipinski definition) is 0. The van der Waals surface area contributed by atoms with Crippen molar-refractivity contribution in [1.29, 1.82) is 0 Å². The Morgan fingerprint density at radius 1 is 1.14 bits per heavy atom. The van der Waals surface area contributed by atoms with Crippen LogP contribution in [0.5, 0.6) is 0 Å². The molecule has 0 N–H and O–H groups in total. The minimum atomic E-state index is 0.564. The van der Waals surface area contributed by atoms with Gasteiger partial charge < -0.3 is 4.90 Å². The van der Waals surface area contributed by atoms with E-state index in [9.17, 15) is 0 Å². The van der Waals surface area contributed by atoms with E-state index in [1.165, 1.54) is 32.4 Å². The predicted octanol–water partition coefficient (Wildman–Crippen LogP) is 3.79. The molecule has 1 aliphatic rings. The molecule has 0 aliphatic carbocycles. The van der Waals surface area contributed by atoms with Crippen molar-refractivity contribution in [2.24, 2.45) is 11.3 Å². The summed E-state index contributed by atoms with van der Waals surface area (Å²) < 4.78 is 0. The first kappa shape index (κ1) is 14.0. The van der Waals surface area contributed by atoms with Gasteiger partial charge in [0.05, 0.1) is 0 Å². The molecule has 1 saturated heterocycles. The molecule has 1 fully saturated rings. The molecule has 1 atom stereocenters. The van der Waals surface area contributed by atoms with Gasteiger partial charge in [-0.2, -0.15) is 0 Å². The molecular weight excluding hydrogens is 170 g/mol. The van der Waals surface area contributed by atoms with E-state index in [-0.39, 0.29) is 0 Å². The molecule has 0 aromatic rings. The molecule has 1 rings (SSSR count). The molecule has 86 valence electrons. The van der Waals surface area contributed by atoms with Gasteiger partial charge in [-0.05, 0) is 50.7 Å². The third-order valence-electron chi connectivity index (χ3n) is 3.07. The fraction of sp³-hybridized carbons (Fsp3) is 1.00. The van der Waals surface area contributed by atoms with Crippen LogP contribution < -0.4 is 0 Å². The highest BCUT2D eigenvalue weighted by Crippen LogP contribution is 2.32. The second kappa shape index (κ2) is 6.44. The molecule has 0 amide bonds. The number of likely N-dealkylation sites (tertiary alicyclic amines) is 1. The van der Waals surface area contributed by atoms with E-state index in [1.54, 1.807) is 0 Å². The Morgan fingerprint density at radius 3 is 2.29 bits per heavy atom. The van der Waals surface area contributed by atoms with Gasteiger partial charge in [0.15, 0.2) is 0 Å². The largest absolute Gasteiger partial charge is 0.306 e. The molecule has 1 heteroatoms. The lowest BCUT2D eigenvalue weighted by atomic mass is 9.78. The van der Waals surface area contributed by atoms with Crippen LogP contribution in [0, 0.1) is 11.3 Å². The van der Waals surface area contributed by atoms with Gasteiger partial charge in [-0.3, -0.25) is 0 Å². The van der Waals surface area contributed by atoms with E-state index >= 15 is 0 Å². The van der Waals surface area contributed by atoms with E-state index in [4.69, 9.17) is 0 Å². The molecule has 0 aromatic heterocycles. The lowest BCUT2D eigenvalue weighted by Crippen LogP contribution is -2.31. The van der Waals surface area contributed by atoms with Gasteiger partial charge in [-0.1, -0.05) is 34.6 Å². The molecule has 0 spiro atoms. The summed E-state index contributed by atoms with van der Waals surface area (Å²) in [5, 5.41) is 0. The maximum absolute atomic E-state index is 2.47. The van der Waals surface area contributed by atoms with Crippen LogP contribution in [0.25, 0.3) is 0 Å². The summed E-state index contributed by atoms with van der Waals surface area (Å²) in [6, 6.07) is 0. The lowest BCUT2D eigenvalue weighted by Gasteiger charge is -2.34. The lowest BCUT2D eigenvalue weighted by molar-refractivity contribution is 0.167. The van der Waals surface area contributed by atoms with Crippen molar-refractivity contribution >= 4 is 0 Å². The number of nitrogens with zero attached hydrogens (tertiary/aromatic N) is 1. The molecule has 0 saturated carbocycles.